The van der Waals surface area contributed by atoms with Crippen molar-refractivity contribution in [2.75, 3.05) is 11.9 Å². The summed E-state index contributed by atoms with van der Waals surface area (Å²) in [7, 11) is 0. The molecule has 0 aliphatic carbocycles. The Bertz CT molecular complexity index is 611. The first-order chi connectivity index (χ1) is 9.90. The molecule has 3 N–H and O–H groups in total. The Labute approximate surface area is 129 Å². The molecule has 0 spiro atoms. The van der Waals surface area contributed by atoms with Gasteiger partial charge >= 0.3 is 0 Å². The van der Waals surface area contributed by atoms with Crippen LogP contribution in [-0.4, -0.2) is 17.4 Å². The van der Waals surface area contributed by atoms with Crippen LogP contribution in [0.5, 0.6) is 0 Å². The second-order valence-corrected chi connectivity index (χ2v) is 6.81. The number of benzene rings is 1. The van der Waals surface area contributed by atoms with Gasteiger partial charge in [-0.3, -0.25) is 4.79 Å². The Morgan fingerprint density at radius 3 is 2.52 bits per heavy atom. The number of nitrogens with zero attached hydrogens (tertiary/aromatic N) is 1. The molecule has 21 heavy (non-hydrogen) atoms. The van der Waals surface area contributed by atoms with Crippen LogP contribution in [-0.2, 0) is 10.2 Å². The molecule has 2 aromatic rings. The maximum absolute atomic E-state index is 11.5. The molecule has 112 valence electrons. The minimum absolute atomic E-state index is 0.0959. The number of carbonyl (C=O) groups excluding carboxylic acids is 1. The van der Waals surface area contributed by atoms with Crippen LogP contribution in [0.4, 0.5) is 5.13 Å². The third-order valence-corrected chi connectivity index (χ3v) is 3.93. The number of aromatic nitrogens is 1. The van der Waals surface area contributed by atoms with Gasteiger partial charge in [0.05, 0.1) is 5.69 Å². The Balaban J connectivity index is 2.12. The molecule has 0 bridgehead atoms. The van der Waals surface area contributed by atoms with Gasteiger partial charge in [0.2, 0.25) is 5.91 Å². The Hall–Kier alpha value is -1.72. The van der Waals surface area contributed by atoms with E-state index in [1.165, 1.54) is 16.9 Å². The van der Waals surface area contributed by atoms with E-state index in [0.29, 0.717) is 18.1 Å². The highest BCUT2D eigenvalue weighted by Gasteiger charge is 2.14. The Morgan fingerprint density at radius 1 is 1.29 bits per heavy atom. The maximum atomic E-state index is 11.5. The molecule has 0 radical (unpaired) electrons. The monoisotopic (exact) mass is 303 g/mol. The molecule has 5 heteroatoms. The quantitative estimate of drug-likeness (QED) is 0.909. The number of nitrogens with two attached hydrogens (primary N) is 1. The minimum atomic E-state index is -0.0959. The summed E-state index contributed by atoms with van der Waals surface area (Å²) in [6.45, 7) is 6.92. The molecule has 0 fully saturated rings. The van der Waals surface area contributed by atoms with Crippen molar-refractivity contribution in [2.45, 2.75) is 32.6 Å². The van der Waals surface area contributed by atoms with E-state index >= 15 is 0 Å². The number of amides is 1. The second kappa shape index (κ2) is 6.37. The van der Waals surface area contributed by atoms with Crippen molar-refractivity contribution in [2.24, 2.45) is 5.73 Å². The third kappa shape index (κ3) is 4.12. The van der Waals surface area contributed by atoms with Crippen molar-refractivity contribution < 1.29 is 4.79 Å². The van der Waals surface area contributed by atoms with Gasteiger partial charge in [0.25, 0.3) is 0 Å². The van der Waals surface area contributed by atoms with Crippen LogP contribution in [0.15, 0.2) is 29.6 Å². The first-order valence-corrected chi connectivity index (χ1v) is 7.84. The van der Waals surface area contributed by atoms with E-state index in [1.807, 2.05) is 5.38 Å². The number of nitrogens with one attached hydrogen (secondary N) is 1. The van der Waals surface area contributed by atoms with Gasteiger partial charge in [-0.05, 0) is 11.0 Å². The molecule has 0 saturated carbocycles. The lowest BCUT2D eigenvalue weighted by atomic mass is 9.86. The molecule has 1 aromatic heterocycles. The highest BCUT2D eigenvalue weighted by molar-refractivity contribution is 7.14. The first-order valence-electron chi connectivity index (χ1n) is 6.96. The van der Waals surface area contributed by atoms with E-state index in [-0.39, 0.29) is 11.3 Å². The molecule has 0 saturated heterocycles. The summed E-state index contributed by atoms with van der Waals surface area (Å²) in [5.74, 6) is -0.0959. The fourth-order valence-corrected chi connectivity index (χ4v) is 2.65. The SMILES string of the molecule is CC(C)(C)c1ccc(-c2csc(NC(=O)CCN)n2)cc1. The maximum Gasteiger partial charge on any atom is 0.227 e. The normalized spacial score (nSPS) is 11.4. The Morgan fingerprint density at radius 2 is 1.95 bits per heavy atom. The van der Waals surface area contributed by atoms with E-state index in [1.54, 1.807) is 0 Å². The van der Waals surface area contributed by atoms with Crippen LogP contribution in [0.1, 0.15) is 32.8 Å². The van der Waals surface area contributed by atoms with Crippen LogP contribution in [0.25, 0.3) is 11.3 Å². The lowest BCUT2D eigenvalue weighted by molar-refractivity contribution is -0.116. The summed E-state index contributed by atoms with van der Waals surface area (Å²) in [5, 5.41) is 5.32. The van der Waals surface area contributed by atoms with E-state index in [0.717, 1.165) is 11.3 Å². The van der Waals surface area contributed by atoms with E-state index in [2.05, 4.69) is 55.3 Å². The van der Waals surface area contributed by atoms with Crippen molar-refractivity contribution >= 4 is 22.4 Å². The second-order valence-electron chi connectivity index (χ2n) is 5.95. The number of hydrogen-bond donors (Lipinski definition) is 2. The summed E-state index contributed by atoms with van der Waals surface area (Å²) in [5.41, 5.74) is 8.71. The molecule has 1 amide bonds. The van der Waals surface area contributed by atoms with Crippen LogP contribution in [0.3, 0.4) is 0 Å². The van der Waals surface area contributed by atoms with Crippen LogP contribution in [0.2, 0.25) is 0 Å². The topological polar surface area (TPSA) is 68.0 Å². The summed E-state index contributed by atoms with van der Waals surface area (Å²) >= 11 is 1.42. The summed E-state index contributed by atoms with van der Waals surface area (Å²) in [4.78, 5) is 15.9. The highest BCUT2D eigenvalue weighted by atomic mass is 32.1. The van der Waals surface area contributed by atoms with Gasteiger partial charge in [0.15, 0.2) is 5.13 Å². The molecule has 0 atom stereocenters. The molecule has 4 nitrogen and oxygen atoms in total. The zero-order chi connectivity index (χ0) is 15.5. The number of anilines is 1. The van der Waals surface area contributed by atoms with Crippen molar-refractivity contribution in [3.8, 4) is 11.3 Å². The fourth-order valence-electron chi connectivity index (χ4n) is 1.92. The first kappa shape index (κ1) is 15.7. The van der Waals surface area contributed by atoms with Gasteiger partial charge in [0, 0.05) is 23.9 Å². The average molecular weight is 303 g/mol. The lowest BCUT2D eigenvalue weighted by Gasteiger charge is -2.18. The highest BCUT2D eigenvalue weighted by Crippen LogP contribution is 2.28. The number of rotatable bonds is 4. The van der Waals surface area contributed by atoms with Crippen LogP contribution >= 0.6 is 11.3 Å². The summed E-state index contributed by atoms with van der Waals surface area (Å²) in [6.07, 6.45) is 0.315. The third-order valence-electron chi connectivity index (χ3n) is 3.17. The van der Waals surface area contributed by atoms with Crippen molar-refractivity contribution in [3.05, 3.63) is 35.2 Å². The molecular formula is C16H21N3OS. The number of carbonyl (C=O) groups is 1. The minimum Gasteiger partial charge on any atom is -0.330 e. The van der Waals surface area contributed by atoms with Gasteiger partial charge in [0.1, 0.15) is 0 Å². The number of thiazole rings is 1. The average Bonchev–Trinajstić information content (AvgIpc) is 2.86. The van der Waals surface area contributed by atoms with E-state index in [9.17, 15) is 4.79 Å². The smallest absolute Gasteiger partial charge is 0.227 e. The number of hydrogen-bond acceptors (Lipinski definition) is 4. The zero-order valence-electron chi connectivity index (χ0n) is 12.6. The summed E-state index contributed by atoms with van der Waals surface area (Å²) in [6, 6.07) is 8.39. The summed E-state index contributed by atoms with van der Waals surface area (Å²) < 4.78 is 0. The van der Waals surface area contributed by atoms with Crippen LogP contribution in [0, 0.1) is 0 Å². The molecule has 1 aromatic carbocycles. The van der Waals surface area contributed by atoms with Gasteiger partial charge in [-0.15, -0.1) is 11.3 Å². The molecular weight excluding hydrogens is 282 g/mol. The van der Waals surface area contributed by atoms with Crippen molar-refractivity contribution in [1.29, 1.82) is 0 Å². The fraction of sp³-hybridized carbons (Fsp3) is 0.375. The lowest BCUT2D eigenvalue weighted by Crippen LogP contribution is -2.15. The predicted octanol–water partition coefficient (Wildman–Crippen LogP) is 3.39. The van der Waals surface area contributed by atoms with Gasteiger partial charge in [-0.1, -0.05) is 45.0 Å². The van der Waals surface area contributed by atoms with Gasteiger partial charge < -0.3 is 11.1 Å². The predicted molar refractivity (Wildman–Crippen MR) is 88.6 cm³/mol. The molecule has 0 aliphatic rings. The Kier molecular flexibility index (Phi) is 4.75. The molecule has 1 heterocycles. The molecule has 0 aliphatic heterocycles. The van der Waals surface area contributed by atoms with Crippen molar-refractivity contribution in [1.82, 2.24) is 4.98 Å². The molecule has 2 rings (SSSR count). The molecule has 0 unspecified atom stereocenters. The van der Waals surface area contributed by atoms with Crippen molar-refractivity contribution in [3.63, 3.8) is 0 Å². The van der Waals surface area contributed by atoms with Gasteiger partial charge in [-0.2, -0.15) is 0 Å². The van der Waals surface area contributed by atoms with E-state index < -0.39 is 0 Å². The largest absolute Gasteiger partial charge is 0.330 e. The van der Waals surface area contributed by atoms with Crippen LogP contribution < -0.4 is 11.1 Å². The zero-order valence-corrected chi connectivity index (χ0v) is 13.5. The standard InChI is InChI=1S/C16H21N3OS/c1-16(2,3)12-6-4-11(5-7-12)13-10-21-15(18-13)19-14(20)8-9-17/h4-7,10H,8-9,17H2,1-3H3,(H,18,19,20). The van der Waals surface area contributed by atoms with Gasteiger partial charge in [-0.25, -0.2) is 4.98 Å². The van der Waals surface area contributed by atoms with E-state index in [4.69, 9.17) is 5.73 Å².